The highest BCUT2D eigenvalue weighted by atomic mass is 19.1. The van der Waals surface area contributed by atoms with Crippen molar-refractivity contribution in [2.75, 3.05) is 13.1 Å². The van der Waals surface area contributed by atoms with Crippen LogP contribution in [0.25, 0.3) is 11.4 Å². The molecule has 0 spiro atoms. The second-order valence-corrected chi connectivity index (χ2v) is 5.48. The molecule has 3 rings (SSSR count). The number of aliphatic hydroxyl groups is 1. The summed E-state index contributed by atoms with van der Waals surface area (Å²) in [7, 11) is 0. The van der Waals surface area contributed by atoms with Crippen LogP contribution in [-0.4, -0.2) is 38.8 Å². The molecule has 0 amide bonds. The first-order valence-electron chi connectivity index (χ1n) is 6.55. The van der Waals surface area contributed by atoms with Gasteiger partial charge in [-0.25, -0.2) is 4.39 Å². The van der Waals surface area contributed by atoms with Crippen molar-refractivity contribution in [1.29, 1.82) is 0 Å². The third-order valence-corrected chi connectivity index (χ3v) is 3.46. The monoisotopic (exact) mass is 277 g/mol. The lowest BCUT2D eigenvalue weighted by Gasteiger charge is -2.16. The lowest BCUT2D eigenvalue weighted by Crippen LogP contribution is -2.29. The molecule has 1 atom stereocenters. The minimum absolute atomic E-state index is 0.295. The highest BCUT2D eigenvalue weighted by Crippen LogP contribution is 2.22. The predicted octanol–water partition coefficient (Wildman–Crippen LogP) is 1.83. The molecule has 0 radical (unpaired) electrons. The van der Waals surface area contributed by atoms with Crippen LogP contribution >= 0.6 is 0 Å². The number of aromatic nitrogens is 2. The van der Waals surface area contributed by atoms with E-state index in [9.17, 15) is 9.50 Å². The maximum Gasteiger partial charge on any atom is 0.241 e. The standard InChI is InChI=1S/C14H16FN3O2/c1-14(19)6-7-18(9-14)8-12-16-13(17-20-12)10-2-4-11(15)5-3-10/h2-5,19H,6-9H2,1H3. The maximum atomic E-state index is 12.9. The van der Waals surface area contributed by atoms with Crippen LogP contribution in [0.5, 0.6) is 0 Å². The summed E-state index contributed by atoms with van der Waals surface area (Å²) in [6.07, 6.45) is 0.742. The van der Waals surface area contributed by atoms with Gasteiger partial charge in [0.2, 0.25) is 11.7 Å². The third-order valence-electron chi connectivity index (χ3n) is 3.46. The lowest BCUT2D eigenvalue weighted by molar-refractivity contribution is 0.0665. The summed E-state index contributed by atoms with van der Waals surface area (Å²) >= 11 is 0. The molecular formula is C14H16FN3O2. The van der Waals surface area contributed by atoms with E-state index in [-0.39, 0.29) is 5.82 Å². The topological polar surface area (TPSA) is 62.4 Å². The minimum Gasteiger partial charge on any atom is -0.389 e. The van der Waals surface area contributed by atoms with Gasteiger partial charge in [-0.05, 0) is 37.6 Å². The summed E-state index contributed by atoms with van der Waals surface area (Å²) in [5.74, 6) is 0.657. The Bertz CT molecular complexity index is 595. The van der Waals surface area contributed by atoms with Crippen molar-refractivity contribution in [3.8, 4) is 11.4 Å². The first-order chi connectivity index (χ1) is 9.52. The lowest BCUT2D eigenvalue weighted by atomic mass is 10.1. The van der Waals surface area contributed by atoms with Crippen LogP contribution in [0.3, 0.4) is 0 Å². The Hall–Kier alpha value is -1.79. The van der Waals surface area contributed by atoms with Crippen LogP contribution in [0.15, 0.2) is 28.8 Å². The van der Waals surface area contributed by atoms with Gasteiger partial charge in [-0.15, -0.1) is 0 Å². The fourth-order valence-corrected chi connectivity index (χ4v) is 2.40. The molecule has 1 N–H and O–H groups in total. The molecule has 1 aliphatic heterocycles. The van der Waals surface area contributed by atoms with Gasteiger partial charge in [-0.2, -0.15) is 4.98 Å². The molecule has 2 aromatic rings. The molecule has 1 unspecified atom stereocenters. The molecule has 1 aromatic carbocycles. The SMILES string of the molecule is CC1(O)CCN(Cc2nc(-c3ccc(F)cc3)no2)C1. The van der Waals surface area contributed by atoms with E-state index in [0.717, 1.165) is 18.5 Å². The second-order valence-electron chi connectivity index (χ2n) is 5.48. The zero-order valence-corrected chi connectivity index (χ0v) is 11.2. The van der Waals surface area contributed by atoms with Crippen LogP contribution in [0, 0.1) is 5.82 Å². The molecule has 6 heteroatoms. The Balaban J connectivity index is 1.70. The normalized spacial score (nSPS) is 23.4. The summed E-state index contributed by atoms with van der Waals surface area (Å²) in [6.45, 7) is 3.75. The van der Waals surface area contributed by atoms with Crippen LogP contribution < -0.4 is 0 Å². The van der Waals surface area contributed by atoms with Crippen molar-refractivity contribution < 1.29 is 14.0 Å². The van der Waals surface area contributed by atoms with Crippen molar-refractivity contribution in [1.82, 2.24) is 15.0 Å². The van der Waals surface area contributed by atoms with E-state index in [1.807, 2.05) is 6.92 Å². The molecule has 20 heavy (non-hydrogen) atoms. The zero-order chi connectivity index (χ0) is 14.2. The number of likely N-dealkylation sites (tertiary alicyclic amines) is 1. The van der Waals surface area contributed by atoms with Gasteiger partial charge < -0.3 is 9.63 Å². The highest BCUT2D eigenvalue weighted by molar-refractivity contribution is 5.53. The summed E-state index contributed by atoms with van der Waals surface area (Å²) in [5, 5.41) is 13.8. The smallest absolute Gasteiger partial charge is 0.241 e. The molecule has 0 saturated carbocycles. The van der Waals surface area contributed by atoms with Crippen LogP contribution in [0.1, 0.15) is 19.2 Å². The van der Waals surface area contributed by atoms with Crippen LogP contribution in [0.4, 0.5) is 4.39 Å². The molecule has 0 bridgehead atoms. The predicted molar refractivity (Wildman–Crippen MR) is 70.2 cm³/mol. The fraction of sp³-hybridized carbons (Fsp3) is 0.429. The Morgan fingerprint density at radius 1 is 1.40 bits per heavy atom. The van der Waals surface area contributed by atoms with Crippen molar-refractivity contribution >= 4 is 0 Å². The van der Waals surface area contributed by atoms with Crippen LogP contribution in [0.2, 0.25) is 0 Å². The van der Waals surface area contributed by atoms with Gasteiger partial charge in [-0.3, -0.25) is 4.90 Å². The van der Waals surface area contributed by atoms with Gasteiger partial charge in [0.1, 0.15) is 5.82 Å². The van der Waals surface area contributed by atoms with Crippen LogP contribution in [-0.2, 0) is 6.54 Å². The number of β-amino-alcohol motifs (C(OH)–C–C–N with tert-alkyl or cyclic N) is 1. The highest BCUT2D eigenvalue weighted by Gasteiger charge is 2.32. The number of hydrogen-bond donors (Lipinski definition) is 1. The van der Waals surface area contributed by atoms with E-state index < -0.39 is 5.60 Å². The molecule has 1 aromatic heterocycles. The Morgan fingerprint density at radius 2 is 2.15 bits per heavy atom. The number of nitrogens with zero attached hydrogens (tertiary/aromatic N) is 3. The van der Waals surface area contributed by atoms with Gasteiger partial charge in [0, 0.05) is 18.7 Å². The largest absolute Gasteiger partial charge is 0.389 e. The molecule has 106 valence electrons. The summed E-state index contributed by atoms with van der Waals surface area (Å²) < 4.78 is 18.1. The molecule has 5 nitrogen and oxygen atoms in total. The van der Waals surface area contributed by atoms with E-state index in [4.69, 9.17) is 4.52 Å². The molecule has 0 aliphatic carbocycles. The Morgan fingerprint density at radius 3 is 2.80 bits per heavy atom. The summed E-state index contributed by atoms with van der Waals surface area (Å²) in [4.78, 5) is 6.37. The second kappa shape index (κ2) is 4.96. The fourth-order valence-electron chi connectivity index (χ4n) is 2.40. The molecular weight excluding hydrogens is 261 g/mol. The summed E-state index contributed by atoms with van der Waals surface area (Å²) in [6, 6.07) is 5.96. The van der Waals surface area contributed by atoms with E-state index in [2.05, 4.69) is 15.0 Å². The number of hydrogen-bond acceptors (Lipinski definition) is 5. The van der Waals surface area contributed by atoms with E-state index in [1.165, 1.54) is 12.1 Å². The van der Waals surface area contributed by atoms with Gasteiger partial charge in [0.05, 0.1) is 12.1 Å². The van der Waals surface area contributed by atoms with E-state index in [1.54, 1.807) is 12.1 Å². The minimum atomic E-state index is -0.639. The van der Waals surface area contributed by atoms with E-state index in [0.29, 0.717) is 24.8 Å². The van der Waals surface area contributed by atoms with Crippen molar-refractivity contribution in [3.63, 3.8) is 0 Å². The average Bonchev–Trinajstić information content (AvgIpc) is 2.98. The Kier molecular flexibility index (Phi) is 3.27. The van der Waals surface area contributed by atoms with Crippen molar-refractivity contribution in [2.45, 2.75) is 25.5 Å². The molecule has 1 aliphatic rings. The van der Waals surface area contributed by atoms with Gasteiger partial charge in [0.25, 0.3) is 0 Å². The van der Waals surface area contributed by atoms with Gasteiger partial charge in [0.15, 0.2) is 0 Å². The van der Waals surface area contributed by atoms with Crippen molar-refractivity contribution in [2.24, 2.45) is 0 Å². The van der Waals surface area contributed by atoms with Gasteiger partial charge >= 0.3 is 0 Å². The zero-order valence-electron chi connectivity index (χ0n) is 11.2. The number of halogens is 1. The maximum absolute atomic E-state index is 12.9. The first-order valence-corrected chi connectivity index (χ1v) is 6.55. The van der Waals surface area contributed by atoms with Gasteiger partial charge in [-0.1, -0.05) is 5.16 Å². The third kappa shape index (κ3) is 2.86. The quantitative estimate of drug-likeness (QED) is 0.927. The van der Waals surface area contributed by atoms with Crippen molar-refractivity contribution in [3.05, 3.63) is 36.0 Å². The Labute approximate surface area is 116 Å². The average molecular weight is 277 g/mol. The molecule has 2 heterocycles. The molecule has 1 fully saturated rings. The first kappa shape index (κ1) is 13.2. The van der Waals surface area contributed by atoms with E-state index >= 15 is 0 Å². The summed E-state index contributed by atoms with van der Waals surface area (Å²) in [5.41, 5.74) is 0.0783. The molecule has 1 saturated heterocycles. The number of benzene rings is 1. The number of rotatable bonds is 3.